The van der Waals surface area contributed by atoms with Crippen molar-refractivity contribution < 1.29 is 57.1 Å². The first-order chi connectivity index (χ1) is 9.47. The zero-order valence-corrected chi connectivity index (χ0v) is 15.2. The Hall–Kier alpha value is -0.440. The number of benzene rings is 1. The second kappa shape index (κ2) is 10.3. The maximum absolute atomic E-state index is 11.7. The van der Waals surface area contributed by atoms with Crippen molar-refractivity contribution in [3.63, 3.8) is 0 Å². The molecular formula is C13H17NaO6S. The standard InChI is InChI=1S/C13H16O3.Na.H2O3S/c1-3-15-13(14)11-6-7-12-10(9(11)2)5-4-8-16-12;;1-4(2)3/h6-7H,3-5,8H2,1-2H3;;(H2,1,2,3)/q;+1;/p-1. The molecule has 1 aliphatic rings. The molecular weight excluding hydrogens is 307 g/mol. The zero-order valence-electron chi connectivity index (χ0n) is 12.4. The molecule has 0 spiro atoms. The summed E-state index contributed by atoms with van der Waals surface area (Å²) in [7, 11) is 0. The van der Waals surface area contributed by atoms with Gasteiger partial charge in [0, 0.05) is 0 Å². The number of ether oxygens (including phenoxy) is 2. The van der Waals surface area contributed by atoms with Crippen molar-refractivity contribution in [3.8, 4) is 5.75 Å². The molecule has 1 aromatic rings. The van der Waals surface area contributed by atoms with Crippen LogP contribution in [0, 0.1) is 6.92 Å². The largest absolute Gasteiger partial charge is 1.00 e. The van der Waals surface area contributed by atoms with Crippen LogP contribution in [0.3, 0.4) is 0 Å². The molecule has 2 rings (SSSR count). The smallest absolute Gasteiger partial charge is 0.750 e. The molecule has 0 saturated heterocycles. The number of rotatable bonds is 2. The Bertz CT molecular complexity index is 502. The van der Waals surface area contributed by atoms with Crippen LogP contribution in [0.25, 0.3) is 0 Å². The second-order valence-corrected chi connectivity index (χ2v) is 4.54. The van der Waals surface area contributed by atoms with Gasteiger partial charge in [-0.15, -0.1) is 0 Å². The van der Waals surface area contributed by atoms with Crippen molar-refractivity contribution in [2.24, 2.45) is 0 Å². The van der Waals surface area contributed by atoms with Crippen molar-refractivity contribution in [2.75, 3.05) is 13.2 Å². The van der Waals surface area contributed by atoms with Gasteiger partial charge in [0.2, 0.25) is 0 Å². The fourth-order valence-electron chi connectivity index (χ4n) is 2.04. The summed E-state index contributed by atoms with van der Waals surface area (Å²) < 4.78 is 34.7. The summed E-state index contributed by atoms with van der Waals surface area (Å²) in [4.78, 5) is 11.7. The molecule has 112 valence electrons. The molecule has 1 unspecified atom stereocenters. The molecule has 0 aromatic heterocycles. The third kappa shape index (κ3) is 6.46. The summed E-state index contributed by atoms with van der Waals surface area (Å²) in [6.07, 6.45) is 1.99. The molecule has 0 fully saturated rings. The third-order valence-corrected chi connectivity index (χ3v) is 2.88. The fourth-order valence-corrected chi connectivity index (χ4v) is 2.04. The number of fused-ring (bicyclic) bond motifs is 1. The number of carbonyl (C=O) groups is 1. The molecule has 0 amide bonds. The van der Waals surface area contributed by atoms with E-state index in [9.17, 15) is 4.79 Å². The maximum Gasteiger partial charge on any atom is 1.00 e. The molecule has 1 heterocycles. The van der Waals surface area contributed by atoms with Gasteiger partial charge in [-0.25, -0.2) is 9.00 Å². The molecule has 1 N–H and O–H groups in total. The van der Waals surface area contributed by atoms with Gasteiger partial charge in [-0.2, -0.15) is 0 Å². The van der Waals surface area contributed by atoms with E-state index in [0.29, 0.717) is 12.2 Å². The fraction of sp³-hybridized carbons (Fsp3) is 0.462. The van der Waals surface area contributed by atoms with Crippen molar-refractivity contribution in [2.45, 2.75) is 26.7 Å². The van der Waals surface area contributed by atoms with Gasteiger partial charge in [0.05, 0.1) is 30.1 Å². The molecule has 6 nitrogen and oxygen atoms in total. The van der Waals surface area contributed by atoms with E-state index in [2.05, 4.69) is 0 Å². The predicted octanol–water partition coefficient (Wildman–Crippen LogP) is -1.16. The van der Waals surface area contributed by atoms with Crippen molar-refractivity contribution in [1.29, 1.82) is 0 Å². The third-order valence-electron chi connectivity index (χ3n) is 2.88. The van der Waals surface area contributed by atoms with Crippen LogP contribution in [-0.2, 0) is 22.5 Å². The molecule has 0 aliphatic carbocycles. The minimum atomic E-state index is -2.86. The summed E-state index contributed by atoms with van der Waals surface area (Å²) in [6, 6.07) is 3.66. The first kappa shape index (κ1) is 20.6. The quantitative estimate of drug-likeness (QED) is 0.419. The van der Waals surface area contributed by atoms with Crippen LogP contribution < -0.4 is 34.3 Å². The van der Waals surface area contributed by atoms with Crippen LogP contribution in [0.2, 0.25) is 0 Å². The van der Waals surface area contributed by atoms with Gasteiger partial charge in [-0.3, -0.25) is 0 Å². The van der Waals surface area contributed by atoms with E-state index in [1.165, 1.54) is 0 Å². The van der Waals surface area contributed by atoms with Gasteiger partial charge in [-0.1, -0.05) is 0 Å². The first-order valence-electron chi connectivity index (χ1n) is 6.18. The normalized spacial score (nSPS) is 13.5. The van der Waals surface area contributed by atoms with E-state index in [4.69, 9.17) is 22.8 Å². The van der Waals surface area contributed by atoms with Crippen LogP contribution in [0.5, 0.6) is 5.75 Å². The van der Waals surface area contributed by atoms with Crippen molar-refractivity contribution in [1.82, 2.24) is 0 Å². The van der Waals surface area contributed by atoms with E-state index >= 15 is 0 Å². The minimum absolute atomic E-state index is 0. The monoisotopic (exact) mass is 324 g/mol. The SMILES string of the molecule is CCOC(=O)c1ccc2c(c1C)CCCO2.O=S([O-])O.[Na+]. The molecule has 1 aromatic carbocycles. The summed E-state index contributed by atoms with van der Waals surface area (Å²) in [5, 5.41) is 0. The van der Waals surface area contributed by atoms with Gasteiger partial charge in [-0.05, 0) is 49.9 Å². The predicted molar refractivity (Wildman–Crippen MR) is 72.5 cm³/mol. The van der Waals surface area contributed by atoms with E-state index in [1.54, 1.807) is 6.07 Å². The Morgan fingerprint density at radius 3 is 2.71 bits per heavy atom. The molecule has 0 saturated carbocycles. The summed E-state index contributed by atoms with van der Waals surface area (Å²) in [5.41, 5.74) is 2.80. The molecule has 21 heavy (non-hydrogen) atoms. The van der Waals surface area contributed by atoms with Crippen LogP contribution in [0.4, 0.5) is 0 Å². The Morgan fingerprint density at radius 2 is 2.14 bits per heavy atom. The summed E-state index contributed by atoms with van der Waals surface area (Å²) in [5.74, 6) is 0.671. The van der Waals surface area contributed by atoms with Gasteiger partial charge >= 0.3 is 35.5 Å². The average molecular weight is 324 g/mol. The Morgan fingerprint density at radius 1 is 1.52 bits per heavy atom. The van der Waals surface area contributed by atoms with E-state index in [-0.39, 0.29) is 35.5 Å². The Balaban J connectivity index is 0.000000715. The van der Waals surface area contributed by atoms with E-state index in [0.717, 1.165) is 36.3 Å². The van der Waals surface area contributed by atoms with Gasteiger partial charge in [0.1, 0.15) is 5.75 Å². The number of hydrogen-bond donors (Lipinski definition) is 1. The molecule has 1 atom stereocenters. The van der Waals surface area contributed by atoms with Gasteiger partial charge < -0.3 is 18.6 Å². The Kier molecular flexibility index (Phi) is 10.1. The van der Waals surface area contributed by atoms with Crippen molar-refractivity contribution in [3.05, 3.63) is 28.8 Å². The van der Waals surface area contributed by atoms with Gasteiger partial charge in [0.15, 0.2) is 0 Å². The maximum atomic E-state index is 11.7. The van der Waals surface area contributed by atoms with Crippen molar-refractivity contribution >= 4 is 17.3 Å². The van der Waals surface area contributed by atoms with E-state index < -0.39 is 11.4 Å². The van der Waals surface area contributed by atoms with Crippen LogP contribution in [0.1, 0.15) is 34.8 Å². The molecule has 0 bridgehead atoms. The number of hydrogen-bond acceptors (Lipinski definition) is 5. The van der Waals surface area contributed by atoms with Crippen LogP contribution >= 0.6 is 0 Å². The van der Waals surface area contributed by atoms with Crippen LogP contribution in [0.15, 0.2) is 12.1 Å². The van der Waals surface area contributed by atoms with E-state index in [1.807, 2.05) is 19.9 Å². The zero-order chi connectivity index (χ0) is 15.1. The molecule has 0 radical (unpaired) electrons. The van der Waals surface area contributed by atoms with Crippen LogP contribution in [-0.4, -0.2) is 32.5 Å². The van der Waals surface area contributed by atoms with Gasteiger partial charge in [0.25, 0.3) is 0 Å². The molecule has 1 aliphatic heterocycles. The average Bonchev–Trinajstić information content (AvgIpc) is 2.39. The topological polar surface area (TPSA) is 95.9 Å². The minimum Gasteiger partial charge on any atom is -0.750 e. The first-order valence-corrected chi connectivity index (χ1v) is 7.21. The second-order valence-electron chi connectivity index (χ2n) is 4.10. The number of carbonyl (C=O) groups excluding carboxylic acids is 1. The summed E-state index contributed by atoms with van der Waals surface area (Å²) >= 11 is -2.86. The Labute approximate surface area is 148 Å². The molecule has 8 heteroatoms. The number of esters is 1. The summed E-state index contributed by atoms with van der Waals surface area (Å²) in [6.45, 7) is 4.95.